The molecular formula is C20H19FN2O2. The highest BCUT2D eigenvalue weighted by molar-refractivity contribution is 6.05. The molecule has 2 aromatic carbocycles. The minimum atomic E-state index is -0.386. The maximum absolute atomic E-state index is 13.8. The molecule has 1 unspecified atom stereocenters. The Bertz CT molecular complexity index is 865. The van der Waals surface area contributed by atoms with Crippen molar-refractivity contribution in [1.29, 1.82) is 0 Å². The van der Waals surface area contributed by atoms with Crippen LogP contribution in [0.5, 0.6) is 0 Å². The lowest BCUT2D eigenvalue weighted by Gasteiger charge is -2.22. The second kappa shape index (κ2) is 5.99. The lowest BCUT2D eigenvalue weighted by Crippen LogP contribution is -2.36. The third-order valence-electron chi connectivity index (χ3n) is 5.09. The van der Waals surface area contributed by atoms with E-state index in [4.69, 9.17) is 0 Å². The second-order valence-electron chi connectivity index (χ2n) is 6.71. The van der Waals surface area contributed by atoms with Gasteiger partial charge in [-0.25, -0.2) is 4.39 Å². The van der Waals surface area contributed by atoms with Crippen molar-refractivity contribution < 1.29 is 14.0 Å². The van der Waals surface area contributed by atoms with Crippen LogP contribution in [0.4, 0.5) is 15.8 Å². The lowest BCUT2D eigenvalue weighted by atomic mass is 10.1. The second-order valence-corrected chi connectivity index (χ2v) is 6.71. The molecule has 5 heteroatoms. The average Bonchev–Trinajstić information content (AvgIpc) is 3.20. The summed E-state index contributed by atoms with van der Waals surface area (Å²) in [6.07, 6.45) is 1.02. The molecule has 0 radical (unpaired) electrons. The minimum Gasteiger partial charge on any atom is -0.312 e. The maximum atomic E-state index is 13.8. The Morgan fingerprint density at radius 2 is 2.00 bits per heavy atom. The normalized spacial score (nSPS) is 19.4. The van der Waals surface area contributed by atoms with E-state index in [-0.39, 0.29) is 30.0 Å². The van der Waals surface area contributed by atoms with Crippen LogP contribution in [0.3, 0.4) is 0 Å². The zero-order valence-corrected chi connectivity index (χ0v) is 14.0. The molecule has 1 atom stereocenters. The number of carbonyl (C=O) groups is 2. The summed E-state index contributed by atoms with van der Waals surface area (Å²) in [7, 11) is 0. The van der Waals surface area contributed by atoms with Gasteiger partial charge in [0.15, 0.2) is 0 Å². The number of halogens is 1. The van der Waals surface area contributed by atoms with Crippen LogP contribution in [0.25, 0.3) is 0 Å². The largest absolute Gasteiger partial charge is 0.312 e. The summed E-state index contributed by atoms with van der Waals surface area (Å²) in [5.41, 5.74) is 3.17. The van der Waals surface area contributed by atoms with E-state index in [9.17, 15) is 14.0 Å². The van der Waals surface area contributed by atoms with E-state index in [2.05, 4.69) is 0 Å². The number of hydrogen-bond acceptors (Lipinski definition) is 2. The number of rotatable bonds is 2. The summed E-state index contributed by atoms with van der Waals surface area (Å²) >= 11 is 0. The van der Waals surface area contributed by atoms with Gasteiger partial charge in [-0.2, -0.15) is 0 Å². The molecule has 0 aliphatic carbocycles. The van der Waals surface area contributed by atoms with Gasteiger partial charge in [0.05, 0.1) is 5.92 Å². The molecule has 0 spiro atoms. The highest BCUT2D eigenvalue weighted by atomic mass is 19.1. The molecule has 1 saturated heterocycles. The first-order chi connectivity index (χ1) is 12.0. The molecule has 1 fully saturated rings. The fourth-order valence-corrected chi connectivity index (χ4v) is 3.66. The minimum absolute atomic E-state index is 0.0200. The summed E-state index contributed by atoms with van der Waals surface area (Å²) in [5.74, 6) is -0.876. The van der Waals surface area contributed by atoms with Crippen LogP contribution in [-0.4, -0.2) is 24.9 Å². The van der Waals surface area contributed by atoms with E-state index in [0.717, 1.165) is 17.7 Å². The lowest BCUT2D eigenvalue weighted by molar-refractivity contribution is -0.124. The van der Waals surface area contributed by atoms with E-state index in [1.165, 1.54) is 11.0 Å². The van der Waals surface area contributed by atoms with Crippen LogP contribution < -0.4 is 9.80 Å². The smallest absolute Gasteiger partial charge is 0.232 e. The molecule has 2 amide bonds. The zero-order chi connectivity index (χ0) is 17.6. The first-order valence-electron chi connectivity index (χ1n) is 8.50. The number of benzene rings is 2. The summed E-state index contributed by atoms with van der Waals surface area (Å²) in [5, 5.41) is 0. The van der Waals surface area contributed by atoms with Crippen molar-refractivity contribution in [3.63, 3.8) is 0 Å². The molecule has 4 nitrogen and oxygen atoms in total. The molecule has 2 aliphatic rings. The van der Waals surface area contributed by atoms with Crippen molar-refractivity contribution in [1.82, 2.24) is 0 Å². The van der Waals surface area contributed by atoms with Crippen molar-refractivity contribution >= 4 is 23.2 Å². The average molecular weight is 338 g/mol. The quantitative estimate of drug-likeness (QED) is 0.844. The van der Waals surface area contributed by atoms with Gasteiger partial charge in [-0.15, -0.1) is 0 Å². The number of anilines is 2. The Morgan fingerprint density at radius 3 is 2.80 bits per heavy atom. The molecule has 0 aromatic heterocycles. The van der Waals surface area contributed by atoms with Gasteiger partial charge in [-0.05, 0) is 42.7 Å². The van der Waals surface area contributed by atoms with E-state index in [1.807, 2.05) is 24.3 Å². The summed E-state index contributed by atoms with van der Waals surface area (Å²) < 4.78 is 13.8. The molecule has 0 saturated carbocycles. The zero-order valence-electron chi connectivity index (χ0n) is 14.0. The Labute approximate surface area is 145 Å². The van der Waals surface area contributed by atoms with E-state index >= 15 is 0 Å². The van der Waals surface area contributed by atoms with Crippen LogP contribution in [0.15, 0.2) is 42.5 Å². The Morgan fingerprint density at radius 1 is 1.20 bits per heavy atom. The Hall–Kier alpha value is -2.69. The molecule has 25 heavy (non-hydrogen) atoms. The molecule has 2 heterocycles. The predicted molar refractivity (Wildman–Crippen MR) is 94.1 cm³/mol. The third-order valence-corrected chi connectivity index (χ3v) is 5.09. The SMILES string of the molecule is Cc1ccc(N2CC(C(=O)N3CCc4ccccc43)CC2=O)cc1F. The van der Waals surface area contributed by atoms with E-state index in [1.54, 1.807) is 24.0 Å². The van der Waals surface area contributed by atoms with Gasteiger partial charge in [0.2, 0.25) is 11.8 Å². The number of aryl methyl sites for hydroxylation is 1. The number of nitrogens with zero attached hydrogens (tertiary/aromatic N) is 2. The topological polar surface area (TPSA) is 40.6 Å². The van der Waals surface area contributed by atoms with Gasteiger partial charge >= 0.3 is 0 Å². The summed E-state index contributed by atoms with van der Waals surface area (Å²) in [6, 6.07) is 12.6. The van der Waals surface area contributed by atoms with Gasteiger partial charge in [-0.3, -0.25) is 9.59 Å². The van der Waals surface area contributed by atoms with Gasteiger partial charge in [0, 0.05) is 30.9 Å². The predicted octanol–water partition coefficient (Wildman–Crippen LogP) is 3.08. The number of amides is 2. The first kappa shape index (κ1) is 15.8. The van der Waals surface area contributed by atoms with E-state index in [0.29, 0.717) is 24.3 Å². The summed E-state index contributed by atoms with van der Waals surface area (Å²) in [4.78, 5) is 28.6. The maximum Gasteiger partial charge on any atom is 0.232 e. The first-order valence-corrected chi connectivity index (χ1v) is 8.50. The molecule has 2 aliphatic heterocycles. The van der Waals surface area contributed by atoms with Crippen LogP contribution in [0, 0.1) is 18.7 Å². The van der Waals surface area contributed by atoms with Crippen molar-refractivity contribution in [3.05, 3.63) is 59.4 Å². The Kier molecular flexibility index (Phi) is 3.79. The van der Waals surface area contributed by atoms with Crippen LogP contribution in [0.1, 0.15) is 17.5 Å². The van der Waals surface area contributed by atoms with Crippen molar-refractivity contribution in [2.45, 2.75) is 19.8 Å². The monoisotopic (exact) mass is 338 g/mol. The van der Waals surface area contributed by atoms with Crippen molar-refractivity contribution in [2.75, 3.05) is 22.9 Å². The molecule has 128 valence electrons. The number of carbonyl (C=O) groups excluding carboxylic acids is 2. The summed E-state index contributed by atoms with van der Waals surface area (Å²) in [6.45, 7) is 2.64. The highest BCUT2D eigenvalue weighted by Crippen LogP contribution is 2.32. The number of fused-ring (bicyclic) bond motifs is 1. The number of hydrogen-bond donors (Lipinski definition) is 0. The van der Waals surface area contributed by atoms with Crippen LogP contribution in [0.2, 0.25) is 0 Å². The standard InChI is InChI=1S/C20H19FN2O2/c1-13-6-7-16(11-17(13)21)23-12-15(10-19(23)24)20(25)22-9-8-14-4-2-3-5-18(14)22/h2-7,11,15H,8-10,12H2,1H3. The van der Waals surface area contributed by atoms with Crippen LogP contribution >= 0.6 is 0 Å². The van der Waals surface area contributed by atoms with Gasteiger partial charge < -0.3 is 9.80 Å². The molecule has 0 N–H and O–H groups in total. The molecule has 2 aromatic rings. The molecule has 4 rings (SSSR count). The van der Waals surface area contributed by atoms with E-state index < -0.39 is 0 Å². The van der Waals surface area contributed by atoms with Gasteiger partial charge in [0.25, 0.3) is 0 Å². The number of para-hydroxylation sites is 1. The van der Waals surface area contributed by atoms with Crippen molar-refractivity contribution in [2.24, 2.45) is 5.92 Å². The third kappa shape index (κ3) is 2.69. The molecule has 0 bridgehead atoms. The van der Waals surface area contributed by atoms with Crippen molar-refractivity contribution in [3.8, 4) is 0 Å². The molecular weight excluding hydrogens is 319 g/mol. The van der Waals surface area contributed by atoms with Crippen LogP contribution in [-0.2, 0) is 16.0 Å². The fraction of sp³-hybridized carbons (Fsp3) is 0.300. The Balaban J connectivity index is 1.54. The fourth-order valence-electron chi connectivity index (χ4n) is 3.66. The van der Waals surface area contributed by atoms with Gasteiger partial charge in [0.1, 0.15) is 5.82 Å². The van der Waals surface area contributed by atoms with Gasteiger partial charge in [-0.1, -0.05) is 24.3 Å². The highest BCUT2D eigenvalue weighted by Gasteiger charge is 2.39.